The number of benzene rings is 9. The van der Waals surface area contributed by atoms with Crippen LogP contribution >= 0.6 is 0 Å². The molecule has 9 aromatic carbocycles. The Morgan fingerprint density at radius 2 is 0.793 bits per heavy atom. The fourth-order valence-electron chi connectivity index (χ4n) is 10.3. The third-order valence-electron chi connectivity index (χ3n) is 12.7. The van der Waals surface area contributed by atoms with E-state index in [1.807, 2.05) is 0 Å². The number of nitrogens with zero attached hydrogens (tertiary/aromatic N) is 2. The van der Waals surface area contributed by atoms with Crippen molar-refractivity contribution in [1.82, 2.24) is 9.13 Å². The number of fused-ring (bicyclic) bond motifs is 9. The van der Waals surface area contributed by atoms with Crippen LogP contribution in [0.3, 0.4) is 0 Å². The highest BCUT2D eigenvalue weighted by Crippen LogP contribution is 2.38. The van der Waals surface area contributed by atoms with Crippen LogP contribution < -0.4 is 20.7 Å². The molecule has 1 aliphatic carbocycles. The van der Waals surface area contributed by atoms with Gasteiger partial charge >= 0.3 is 0 Å². The molecule has 0 N–H and O–H groups in total. The van der Waals surface area contributed by atoms with Crippen molar-refractivity contribution < 1.29 is 0 Å². The Morgan fingerprint density at radius 1 is 0.328 bits per heavy atom. The molecule has 0 bridgehead atoms. The zero-order chi connectivity index (χ0) is 38.2. The first-order valence-corrected chi connectivity index (χ1v) is 22.2. The monoisotopic (exact) mass is 754 g/mol. The van der Waals surface area contributed by atoms with Gasteiger partial charge in [0.25, 0.3) is 0 Å². The van der Waals surface area contributed by atoms with E-state index in [9.17, 15) is 0 Å². The van der Waals surface area contributed by atoms with Crippen molar-refractivity contribution in [2.75, 3.05) is 0 Å². The maximum Gasteiger partial charge on any atom is 0.179 e. The van der Waals surface area contributed by atoms with Gasteiger partial charge in [-0.1, -0.05) is 170 Å². The molecule has 0 unspecified atom stereocenters. The molecular weight excluding hydrogens is 717 g/mol. The van der Waals surface area contributed by atoms with Gasteiger partial charge in [0.2, 0.25) is 0 Å². The highest BCUT2D eigenvalue weighted by atomic mass is 28.3. The van der Waals surface area contributed by atoms with Gasteiger partial charge in [-0.15, -0.1) is 0 Å². The maximum absolute atomic E-state index is 2.81. The lowest BCUT2D eigenvalue weighted by Crippen LogP contribution is -2.75. The smallest absolute Gasteiger partial charge is 0.179 e. The van der Waals surface area contributed by atoms with Crippen LogP contribution in [0.2, 0.25) is 0 Å². The predicted molar refractivity (Wildman–Crippen MR) is 247 cm³/mol. The quantitative estimate of drug-likeness (QED) is 0.118. The molecule has 0 aliphatic heterocycles. The Balaban J connectivity index is 1.07. The van der Waals surface area contributed by atoms with Crippen molar-refractivity contribution in [3.63, 3.8) is 0 Å². The first-order chi connectivity index (χ1) is 28.8. The van der Waals surface area contributed by atoms with Crippen molar-refractivity contribution in [2.24, 2.45) is 0 Å². The predicted octanol–water partition coefficient (Wildman–Crippen LogP) is 10.8. The van der Waals surface area contributed by atoms with Gasteiger partial charge in [0, 0.05) is 32.9 Å². The van der Waals surface area contributed by atoms with E-state index < -0.39 is 8.07 Å². The molecule has 0 saturated heterocycles. The third-order valence-corrected chi connectivity index (χ3v) is 17.6. The zero-order valence-electron chi connectivity index (χ0n) is 31.9. The molecule has 0 saturated carbocycles. The van der Waals surface area contributed by atoms with E-state index in [4.69, 9.17) is 0 Å². The highest BCUT2D eigenvalue weighted by molar-refractivity contribution is 7.20. The van der Waals surface area contributed by atoms with Gasteiger partial charge in [-0.2, -0.15) is 0 Å². The van der Waals surface area contributed by atoms with Crippen LogP contribution in [0.1, 0.15) is 11.1 Å². The van der Waals surface area contributed by atoms with Crippen LogP contribution in [-0.4, -0.2) is 17.2 Å². The molecule has 272 valence electrons. The van der Waals surface area contributed by atoms with Crippen LogP contribution in [0.5, 0.6) is 0 Å². The van der Waals surface area contributed by atoms with E-state index in [0.29, 0.717) is 0 Å². The van der Waals surface area contributed by atoms with Crippen LogP contribution in [0.25, 0.3) is 66.1 Å². The van der Waals surface area contributed by atoms with Gasteiger partial charge < -0.3 is 9.13 Å². The van der Waals surface area contributed by atoms with Gasteiger partial charge in [-0.3, -0.25) is 0 Å². The first-order valence-electron chi connectivity index (χ1n) is 20.2. The summed E-state index contributed by atoms with van der Waals surface area (Å²) in [5.74, 6) is 0. The standard InChI is InChI=1S/C55H38N2Si/c1-3-17-41(18-4-1)58(42-19-5-2-6-20-42,55-29-15-25-45-44-21-8-7-16-38(44)36-50(45)55)43-33-30-39(31-34-43)56-53-28-14-11-24-48(53)49-37-40(32-35-54(49)56)57-51-26-12-9-22-46(51)47-23-10-13-27-52(47)57/h1-35,37H,36H2. The van der Waals surface area contributed by atoms with Crippen molar-refractivity contribution in [3.05, 3.63) is 230 Å². The van der Waals surface area contributed by atoms with E-state index in [1.54, 1.807) is 0 Å². The van der Waals surface area contributed by atoms with Gasteiger partial charge in [-0.25, -0.2) is 0 Å². The molecule has 2 heterocycles. The fraction of sp³-hybridized carbons (Fsp3) is 0.0182. The fourth-order valence-corrected chi connectivity index (χ4v) is 15.3. The summed E-state index contributed by atoms with van der Waals surface area (Å²) in [7, 11) is -2.81. The average molecular weight is 755 g/mol. The summed E-state index contributed by atoms with van der Waals surface area (Å²) in [5, 5.41) is 10.7. The van der Waals surface area contributed by atoms with Crippen LogP contribution in [-0.2, 0) is 6.42 Å². The number of hydrogen-bond acceptors (Lipinski definition) is 0. The second-order valence-electron chi connectivity index (χ2n) is 15.6. The van der Waals surface area contributed by atoms with E-state index in [2.05, 4.69) is 228 Å². The molecule has 2 aromatic heterocycles. The molecule has 0 amide bonds. The normalized spacial score (nSPS) is 12.4. The minimum Gasteiger partial charge on any atom is -0.309 e. The average Bonchev–Trinajstić information content (AvgIpc) is 3.96. The maximum atomic E-state index is 2.45. The molecular formula is C55H38N2Si. The summed E-state index contributed by atoms with van der Waals surface area (Å²) in [4.78, 5) is 0. The minimum absolute atomic E-state index is 0.951. The van der Waals surface area contributed by atoms with Gasteiger partial charge in [0.1, 0.15) is 0 Å². The number of aromatic nitrogens is 2. The lowest BCUT2D eigenvalue weighted by Gasteiger charge is -2.36. The Morgan fingerprint density at radius 3 is 1.43 bits per heavy atom. The van der Waals surface area contributed by atoms with E-state index in [-0.39, 0.29) is 0 Å². The summed E-state index contributed by atoms with van der Waals surface area (Å²) in [5.41, 5.74) is 12.8. The lowest BCUT2D eigenvalue weighted by atomic mass is 10.1. The van der Waals surface area contributed by atoms with Crippen molar-refractivity contribution in [3.8, 4) is 22.5 Å². The van der Waals surface area contributed by atoms with Crippen LogP contribution in [0.4, 0.5) is 0 Å². The van der Waals surface area contributed by atoms with E-state index in [1.165, 1.54) is 92.3 Å². The van der Waals surface area contributed by atoms with E-state index in [0.717, 1.165) is 12.1 Å². The minimum atomic E-state index is -2.81. The summed E-state index contributed by atoms with van der Waals surface area (Å²) in [6.07, 6.45) is 0.951. The van der Waals surface area contributed by atoms with Crippen molar-refractivity contribution in [1.29, 1.82) is 0 Å². The molecule has 0 atom stereocenters. The molecule has 0 fully saturated rings. The van der Waals surface area contributed by atoms with E-state index >= 15 is 0 Å². The molecule has 2 nitrogen and oxygen atoms in total. The van der Waals surface area contributed by atoms with Gasteiger partial charge in [0.05, 0.1) is 22.1 Å². The second kappa shape index (κ2) is 12.9. The first kappa shape index (κ1) is 33.0. The largest absolute Gasteiger partial charge is 0.309 e. The van der Waals surface area contributed by atoms with Gasteiger partial charge in [-0.05, 0) is 98.0 Å². The van der Waals surface area contributed by atoms with Gasteiger partial charge in [0.15, 0.2) is 8.07 Å². The molecule has 11 aromatic rings. The Kier molecular flexibility index (Phi) is 7.35. The second-order valence-corrected chi connectivity index (χ2v) is 19.4. The number of para-hydroxylation sites is 3. The Bertz CT molecular complexity index is 3260. The summed E-state index contributed by atoms with van der Waals surface area (Å²) in [6, 6.07) is 81.7. The number of hydrogen-bond donors (Lipinski definition) is 0. The van der Waals surface area contributed by atoms with Crippen LogP contribution in [0, 0.1) is 0 Å². The summed E-state index contributed by atoms with van der Waals surface area (Å²) >= 11 is 0. The molecule has 0 radical (unpaired) electrons. The zero-order valence-corrected chi connectivity index (χ0v) is 32.9. The number of rotatable bonds is 6. The Hall–Kier alpha value is -7.20. The van der Waals surface area contributed by atoms with Crippen molar-refractivity contribution in [2.45, 2.75) is 6.42 Å². The third kappa shape index (κ3) is 4.71. The molecule has 3 heteroatoms. The summed E-state index contributed by atoms with van der Waals surface area (Å²) < 4.78 is 4.87. The Labute approximate surface area is 338 Å². The lowest BCUT2D eigenvalue weighted by molar-refractivity contribution is 1.17. The SMILES string of the molecule is c1ccc([Si](c2ccccc2)(c2ccc(-n3c4ccccc4c4cc(-n5c6ccccc6c6ccccc65)ccc43)cc2)c2cccc3c2Cc2ccccc2-3)cc1. The molecule has 58 heavy (non-hydrogen) atoms. The molecule has 0 spiro atoms. The molecule has 12 rings (SSSR count). The highest BCUT2D eigenvalue weighted by Gasteiger charge is 2.44. The summed E-state index contributed by atoms with van der Waals surface area (Å²) in [6.45, 7) is 0. The van der Waals surface area contributed by atoms with Crippen molar-refractivity contribution >= 4 is 72.4 Å². The molecule has 1 aliphatic rings. The van der Waals surface area contributed by atoms with Crippen LogP contribution in [0.15, 0.2) is 218 Å². The topological polar surface area (TPSA) is 9.86 Å².